The average Bonchev–Trinajstić information content (AvgIpc) is 3.11. The summed E-state index contributed by atoms with van der Waals surface area (Å²) in [5, 5.41) is 6.75. The van der Waals surface area contributed by atoms with Gasteiger partial charge in [0.2, 0.25) is 11.7 Å². The van der Waals surface area contributed by atoms with Crippen LogP contribution in [0.4, 0.5) is 0 Å². The Labute approximate surface area is 138 Å². The van der Waals surface area contributed by atoms with E-state index in [1.807, 2.05) is 24.3 Å². The Morgan fingerprint density at radius 3 is 2.92 bits per heavy atom. The number of rotatable bonds is 6. The zero-order valence-electron chi connectivity index (χ0n) is 13.1. The third-order valence-electron chi connectivity index (χ3n) is 3.36. The molecule has 3 aromatic rings. The van der Waals surface area contributed by atoms with E-state index in [0.717, 1.165) is 5.56 Å². The van der Waals surface area contributed by atoms with Gasteiger partial charge in [-0.05, 0) is 24.3 Å². The highest BCUT2D eigenvalue weighted by Crippen LogP contribution is 2.26. The van der Waals surface area contributed by atoms with Crippen LogP contribution in [-0.2, 0) is 6.42 Å². The van der Waals surface area contributed by atoms with Crippen molar-refractivity contribution in [2.24, 2.45) is 0 Å². The van der Waals surface area contributed by atoms with E-state index in [2.05, 4.69) is 20.4 Å². The molecule has 122 valence electrons. The molecule has 24 heavy (non-hydrogen) atoms. The molecule has 0 aliphatic rings. The Kier molecular flexibility index (Phi) is 4.81. The lowest BCUT2D eigenvalue weighted by Gasteiger charge is -2.03. The van der Waals surface area contributed by atoms with Crippen LogP contribution >= 0.6 is 0 Å². The van der Waals surface area contributed by atoms with Crippen LogP contribution in [0, 0.1) is 0 Å². The zero-order valence-corrected chi connectivity index (χ0v) is 13.1. The van der Waals surface area contributed by atoms with Crippen molar-refractivity contribution in [3.05, 3.63) is 60.2 Å². The number of benzene rings is 1. The summed E-state index contributed by atoms with van der Waals surface area (Å²) < 4.78 is 10.5. The number of para-hydroxylation sites is 1. The third kappa shape index (κ3) is 3.57. The van der Waals surface area contributed by atoms with Crippen LogP contribution in [0.1, 0.15) is 16.2 Å². The second-order valence-corrected chi connectivity index (χ2v) is 4.96. The lowest BCUT2D eigenvalue weighted by molar-refractivity contribution is 0.0953. The molecular weight excluding hydrogens is 308 g/mol. The van der Waals surface area contributed by atoms with Crippen molar-refractivity contribution in [2.45, 2.75) is 6.42 Å². The molecule has 2 heterocycles. The van der Waals surface area contributed by atoms with E-state index in [0.29, 0.717) is 36.0 Å². The SMILES string of the molecule is COc1ccccc1-c1noc(CCNC(=O)c2cccnc2)n1. The van der Waals surface area contributed by atoms with E-state index >= 15 is 0 Å². The van der Waals surface area contributed by atoms with Crippen LogP contribution in [0.25, 0.3) is 11.4 Å². The molecule has 7 heteroatoms. The van der Waals surface area contributed by atoms with Crippen LogP contribution in [0.2, 0.25) is 0 Å². The molecule has 0 spiro atoms. The first-order valence-corrected chi connectivity index (χ1v) is 7.42. The number of hydrogen-bond acceptors (Lipinski definition) is 6. The molecule has 0 radical (unpaired) electrons. The molecule has 0 saturated heterocycles. The van der Waals surface area contributed by atoms with Crippen LogP contribution in [-0.4, -0.2) is 34.7 Å². The summed E-state index contributed by atoms with van der Waals surface area (Å²) in [6.07, 6.45) is 3.57. The molecule has 0 bridgehead atoms. The smallest absolute Gasteiger partial charge is 0.252 e. The van der Waals surface area contributed by atoms with Gasteiger partial charge in [0.05, 0.1) is 18.2 Å². The first kappa shape index (κ1) is 15.7. The maximum atomic E-state index is 11.9. The summed E-state index contributed by atoms with van der Waals surface area (Å²) in [7, 11) is 1.59. The molecule has 1 aromatic carbocycles. The van der Waals surface area contributed by atoms with Crippen molar-refractivity contribution >= 4 is 5.91 Å². The molecule has 1 amide bonds. The highest BCUT2D eigenvalue weighted by atomic mass is 16.5. The topological polar surface area (TPSA) is 90.1 Å². The van der Waals surface area contributed by atoms with E-state index in [-0.39, 0.29) is 5.91 Å². The normalized spacial score (nSPS) is 10.4. The fraction of sp³-hybridized carbons (Fsp3) is 0.176. The van der Waals surface area contributed by atoms with Gasteiger partial charge in [-0.1, -0.05) is 17.3 Å². The Morgan fingerprint density at radius 1 is 1.25 bits per heavy atom. The molecule has 0 saturated carbocycles. The molecule has 3 rings (SSSR count). The van der Waals surface area contributed by atoms with E-state index in [1.54, 1.807) is 25.4 Å². The summed E-state index contributed by atoms with van der Waals surface area (Å²) in [6.45, 7) is 0.390. The van der Waals surface area contributed by atoms with Gasteiger partial charge in [-0.25, -0.2) is 0 Å². The highest BCUT2D eigenvalue weighted by Gasteiger charge is 2.13. The molecule has 0 atom stereocenters. The second kappa shape index (κ2) is 7.36. The fourth-order valence-corrected chi connectivity index (χ4v) is 2.18. The van der Waals surface area contributed by atoms with Gasteiger partial charge in [0.1, 0.15) is 5.75 Å². The number of hydrogen-bond donors (Lipinski definition) is 1. The number of aromatic nitrogens is 3. The minimum absolute atomic E-state index is 0.187. The van der Waals surface area contributed by atoms with Gasteiger partial charge in [-0.15, -0.1) is 0 Å². The van der Waals surface area contributed by atoms with Crippen molar-refractivity contribution in [1.82, 2.24) is 20.4 Å². The summed E-state index contributed by atoms with van der Waals surface area (Å²) in [6, 6.07) is 10.9. The molecule has 2 aromatic heterocycles. The number of carbonyl (C=O) groups is 1. The average molecular weight is 324 g/mol. The first-order chi connectivity index (χ1) is 11.8. The monoisotopic (exact) mass is 324 g/mol. The third-order valence-corrected chi connectivity index (χ3v) is 3.36. The van der Waals surface area contributed by atoms with Crippen molar-refractivity contribution in [2.75, 3.05) is 13.7 Å². The van der Waals surface area contributed by atoms with E-state index in [9.17, 15) is 4.79 Å². The standard InChI is InChI=1S/C17H16N4O3/c1-23-14-7-3-2-6-13(14)16-20-15(24-21-16)8-10-19-17(22)12-5-4-9-18-11-12/h2-7,9,11H,8,10H2,1H3,(H,19,22). The lowest BCUT2D eigenvalue weighted by Crippen LogP contribution is -2.25. The number of methoxy groups -OCH3 is 1. The number of ether oxygens (including phenoxy) is 1. The van der Waals surface area contributed by atoms with Crippen molar-refractivity contribution < 1.29 is 14.1 Å². The van der Waals surface area contributed by atoms with E-state index in [1.165, 1.54) is 6.20 Å². The molecule has 0 aliphatic carbocycles. The minimum Gasteiger partial charge on any atom is -0.496 e. The predicted octanol–water partition coefficient (Wildman–Crippen LogP) is 2.11. The van der Waals surface area contributed by atoms with Gasteiger partial charge in [-0.3, -0.25) is 9.78 Å². The van der Waals surface area contributed by atoms with Gasteiger partial charge in [0.15, 0.2) is 0 Å². The maximum Gasteiger partial charge on any atom is 0.252 e. The van der Waals surface area contributed by atoms with Crippen LogP contribution in [0.3, 0.4) is 0 Å². The van der Waals surface area contributed by atoms with Crippen LogP contribution < -0.4 is 10.1 Å². The van der Waals surface area contributed by atoms with E-state index < -0.39 is 0 Å². The number of nitrogens with one attached hydrogen (secondary N) is 1. The van der Waals surface area contributed by atoms with Gasteiger partial charge in [0.25, 0.3) is 5.91 Å². The summed E-state index contributed by atoms with van der Waals surface area (Å²) in [5.41, 5.74) is 1.27. The Morgan fingerprint density at radius 2 is 2.12 bits per heavy atom. The highest BCUT2D eigenvalue weighted by molar-refractivity contribution is 5.93. The zero-order chi connectivity index (χ0) is 16.8. The summed E-state index contributed by atoms with van der Waals surface area (Å²) in [5.74, 6) is 1.39. The molecule has 1 N–H and O–H groups in total. The minimum atomic E-state index is -0.187. The van der Waals surface area contributed by atoms with Gasteiger partial charge in [-0.2, -0.15) is 4.98 Å². The number of carbonyl (C=O) groups excluding carboxylic acids is 1. The second-order valence-electron chi connectivity index (χ2n) is 4.96. The van der Waals surface area contributed by atoms with E-state index in [4.69, 9.17) is 9.26 Å². The Hall–Kier alpha value is -3.22. The Balaban J connectivity index is 1.60. The van der Waals surface area contributed by atoms with Crippen LogP contribution in [0.5, 0.6) is 5.75 Å². The maximum absolute atomic E-state index is 11.9. The number of pyridine rings is 1. The summed E-state index contributed by atoms with van der Waals surface area (Å²) >= 11 is 0. The molecule has 0 aliphatic heterocycles. The number of nitrogens with zero attached hydrogens (tertiary/aromatic N) is 3. The van der Waals surface area contributed by atoms with Crippen molar-refractivity contribution in [3.63, 3.8) is 0 Å². The first-order valence-electron chi connectivity index (χ1n) is 7.42. The molecule has 7 nitrogen and oxygen atoms in total. The largest absolute Gasteiger partial charge is 0.496 e. The van der Waals surface area contributed by atoms with Crippen molar-refractivity contribution in [3.8, 4) is 17.1 Å². The molecule has 0 fully saturated rings. The van der Waals surface area contributed by atoms with Crippen molar-refractivity contribution in [1.29, 1.82) is 0 Å². The number of amides is 1. The Bertz CT molecular complexity index is 817. The fourth-order valence-electron chi connectivity index (χ4n) is 2.18. The van der Waals surface area contributed by atoms with Gasteiger partial charge >= 0.3 is 0 Å². The molecular formula is C17H16N4O3. The lowest BCUT2D eigenvalue weighted by atomic mass is 10.2. The van der Waals surface area contributed by atoms with Gasteiger partial charge < -0.3 is 14.6 Å². The predicted molar refractivity (Wildman–Crippen MR) is 86.6 cm³/mol. The summed E-state index contributed by atoms with van der Waals surface area (Å²) in [4.78, 5) is 20.2. The quantitative estimate of drug-likeness (QED) is 0.747. The van der Waals surface area contributed by atoms with Gasteiger partial charge in [0, 0.05) is 25.4 Å². The molecule has 0 unspecified atom stereocenters. The van der Waals surface area contributed by atoms with Crippen LogP contribution in [0.15, 0.2) is 53.3 Å².